The molecule has 1 saturated carbocycles. The Morgan fingerprint density at radius 2 is 2.11 bits per heavy atom. The lowest BCUT2D eigenvalue weighted by Crippen LogP contribution is -2.32. The highest BCUT2D eigenvalue weighted by atomic mass is 32.1. The first-order chi connectivity index (χ1) is 9.31. The van der Waals surface area contributed by atoms with Crippen molar-refractivity contribution in [3.63, 3.8) is 0 Å². The van der Waals surface area contributed by atoms with E-state index in [9.17, 15) is 0 Å². The van der Waals surface area contributed by atoms with Crippen molar-refractivity contribution in [3.05, 3.63) is 17.8 Å². The van der Waals surface area contributed by atoms with Crippen LogP contribution in [0.1, 0.15) is 19.3 Å². The number of aromatic nitrogens is 2. The van der Waals surface area contributed by atoms with Crippen LogP contribution in [-0.4, -0.2) is 29.1 Å². The van der Waals surface area contributed by atoms with Gasteiger partial charge in [-0.15, -0.1) is 11.3 Å². The van der Waals surface area contributed by atoms with Gasteiger partial charge in [0.05, 0.1) is 5.39 Å². The van der Waals surface area contributed by atoms with Crippen LogP contribution in [0.3, 0.4) is 0 Å². The van der Waals surface area contributed by atoms with Crippen molar-refractivity contribution in [3.8, 4) is 0 Å². The van der Waals surface area contributed by atoms with Gasteiger partial charge in [0.25, 0.3) is 0 Å². The third-order valence-corrected chi connectivity index (χ3v) is 5.45. The van der Waals surface area contributed by atoms with E-state index in [1.54, 1.807) is 17.7 Å². The molecule has 2 fully saturated rings. The summed E-state index contributed by atoms with van der Waals surface area (Å²) < 4.78 is 0. The highest BCUT2D eigenvalue weighted by molar-refractivity contribution is 7.16. The average molecular weight is 274 g/mol. The predicted octanol–water partition coefficient (Wildman–Crippen LogP) is 2.25. The monoisotopic (exact) mass is 274 g/mol. The molecule has 0 aromatic carbocycles. The molecule has 2 aromatic rings. The number of rotatable bonds is 1. The van der Waals surface area contributed by atoms with Gasteiger partial charge in [-0.3, -0.25) is 0 Å². The number of thiophene rings is 1. The third kappa shape index (κ3) is 1.92. The van der Waals surface area contributed by atoms with Gasteiger partial charge in [0, 0.05) is 19.1 Å². The summed E-state index contributed by atoms with van der Waals surface area (Å²) in [5.41, 5.74) is 6.11. The third-order valence-electron chi connectivity index (χ3n) is 4.63. The van der Waals surface area contributed by atoms with Gasteiger partial charge in [-0.05, 0) is 42.5 Å². The SMILES string of the molecule is NC1CC[C@@H]2CN(c3ncnc4sccc34)C[C@@H]2C1. The standard InChI is InChI=1S/C14H18N4S/c15-11-2-1-9-6-18(7-10(9)5-11)13-12-3-4-19-14(12)17-8-16-13/h3-4,8-11H,1-2,5-7,15H2/t9-,10+,11?/m1/s1. The fourth-order valence-corrected chi connectivity index (χ4v) is 4.40. The maximum Gasteiger partial charge on any atom is 0.140 e. The molecule has 3 atom stereocenters. The van der Waals surface area contributed by atoms with Crippen molar-refractivity contribution < 1.29 is 0 Å². The number of anilines is 1. The minimum absolute atomic E-state index is 0.410. The maximum atomic E-state index is 6.11. The Morgan fingerprint density at radius 1 is 1.21 bits per heavy atom. The molecule has 1 unspecified atom stereocenters. The second-order valence-electron chi connectivity index (χ2n) is 5.83. The summed E-state index contributed by atoms with van der Waals surface area (Å²) in [6.45, 7) is 2.25. The predicted molar refractivity (Wildman–Crippen MR) is 78.4 cm³/mol. The van der Waals surface area contributed by atoms with Crippen molar-refractivity contribution in [2.45, 2.75) is 25.3 Å². The molecule has 0 radical (unpaired) electrons. The van der Waals surface area contributed by atoms with Gasteiger partial charge in [-0.2, -0.15) is 0 Å². The van der Waals surface area contributed by atoms with Crippen LogP contribution in [0, 0.1) is 11.8 Å². The van der Waals surface area contributed by atoms with E-state index in [1.807, 2.05) is 0 Å². The highest BCUT2D eigenvalue weighted by Crippen LogP contribution is 2.39. The van der Waals surface area contributed by atoms with E-state index >= 15 is 0 Å². The Bertz CT molecular complexity index is 596. The van der Waals surface area contributed by atoms with Crippen LogP contribution < -0.4 is 10.6 Å². The molecule has 0 amide bonds. The zero-order valence-corrected chi connectivity index (χ0v) is 11.6. The van der Waals surface area contributed by atoms with Crippen LogP contribution in [0.5, 0.6) is 0 Å². The van der Waals surface area contributed by atoms with Gasteiger partial charge < -0.3 is 10.6 Å². The summed E-state index contributed by atoms with van der Waals surface area (Å²) in [5.74, 6) is 2.69. The molecule has 1 aliphatic heterocycles. The smallest absolute Gasteiger partial charge is 0.140 e. The van der Waals surface area contributed by atoms with E-state index in [0.717, 1.165) is 35.6 Å². The Labute approximate surface area is 116 Å². The topological polar surface area (TPSA) is 55.0 Å². The van der Waals surface area contributed by atoms with Gasteiger partial charge in [-0.25, -0.2) is 9.97 Å². The Balaban J connectivity index is 1.65. The summed E-state index contributed by atoms with van der Waals surface area (Å²) in [5, 5.41) is 3.30. The van der Waals surface area contributed by atoms with Crippen LogP contribution in [0.15, 0.2) is 17.8 Å². The molecule has 1 saturated heterocycles. The number of hydrogen-bond acceptors (Lipinski definition) is 5. The minimum Gasteiger partial charge on any atom is -0.355 e. The quantitative estimate of drug-likeness (QED) is 0.866. The normalized spacial score (nSPS) is 30.8. The molecule has 0 spiro atoms. The van der Waals surface area contributed by atoms with E-state index in [2.05, 4.69) is 26.3 Å². The minimum atomic E-state index is 0.410. The van der Waals surface area contributed by atoms with Crippen molar-refractivity contribution in [2.24, 2.45) is 17.6 Å². The number of hydrogen-bond donors (Lipinski definition) is 1. The molecule has 4 nitrogen and oxygen atoms in total. The van der Waals surface area contributed by atoms with E-state index in [0.29, 0.717) is 6.04 Å². The zero-order valence-electron chi connectivity index (χ0n) is 10.8. The number of nitrogens with zero attached hydrogens (tertiary/aromatic N) is 3. The van der Waals surface area contributed by atoms with Gasteiger partial charge >= 0.3 is 0 Å². The van der Waals surface area contributed by atoms with Crippen molar-refractivity contribution in [2.75, 3.05) is 18.0 Å². The molecule has 100 valence electrons. The lowest BCUT2D eigenvalue weighted by molar-refractivity contribution is 0.271. The summed E-state index contributed by atoms with van der Waals surface area (Å²) in [7, 11) is 0. The van der Waals surface area contributed by atoms with E-state index in [4.69, 9.17) is 5.73 Å². The molecule has 5 heteroatoms. The lowest BCUT2D eigenvalue weighted by Gasteiger charge is -2.27. The van der Waals surface area contributed by atoms with E-state index in [-0.39, 0.29) is 0 Å². The highest BCUT2D eigenvalue weighted by Gasteiger charge is 2.37. The molecule has 3 heterocycles. The summed E-state index contributed by atoms with van der Waals surface area (Å²) in [6, 6.07) is 2.55. The first kappa shape index (κ1) is 11.6. The zero-order chi connectivity index (χ0) is 12.8. The first-order valence-electron chi connectivity index (χ1n) is 7.00. The number of fused-ring (bicyclic) bond motifs is 2. The molecular formula is C14H18N4S. The second kappa shape index (κ2) is 4.42. The molecule has 19 heavy (non-hydrogen) atoms. The van der Waals surface area contributed by atoms with Gasteiger partial charge in [-0.1, -0.05) is 0 Å². The molecule has 2 N–H and O–H groups in total. The molecule has 4 rings (SSSR count). The van der Waals surface area contributed by atoms with Crippen molar-refractivity contribution in [1.82, 2.24) is 9.97 Å². The molecule has 0 bridgehead atoms. The van der Waals surface area contributed by atoms with Crippen LogP contribution in [0.2, 0.25) is 0 Å². The fourth-order valence-electron chi connectivity index (χ4n) is 3.67. The van der Waals surface area contributed by atoms with Crippen LogP contribution in [-0.2, 0) is 0 Å². The van der Waals surface area contributed by atoms with Gasteiger partial charge in [0.15, 0.2) is 0 Å². The molecule has 2 aliphatic rings. The second-order valence-corrected chi connectivity index (χ2v) is 6.73. The van der Waals surface area contributed by atoms with Crippen molar-refractivity contribution in [1.29, 1.82) is 0 Å². The maximum absolute atomic E-state index is 6.11. The van der Waals surface area contributed by atoms with Gasteiger partial charge in [0.2, 0.25) is 0 Å². The largest absolute Gasteiger partial charge is 0.355 e. The summed E-state index contributed by atoms with van der Waals surface area (Å²) in [6.07, 6.45) is 5.34. The van der Waals surface area contributed by atoms with Crippen LogP contribution >= 0.6 is 11.3 Å². The summed E-state index contributed by atoms with van der Waals surface area (Å²) in [4.78, 5) is 12.4. The first-order valence-corrected chi connectivity index (χ1v) is 7.88. The van der Waals surface area contributed by atoms with Crippen LogP contribution in [0.4, 0.5) is 5.82 Å². The van der Waals surface area contributed by atoms with E-state index in [1.165, 1.54) is 24.6 Å². The summed E-state index contributed by atoms with van der Waals surface area (Å²) >= 11 is 1.69. The van der Waals surface area contributed by atoms with Crippen LogP contribution in [0.25, 0.3) is 10.2 Å². The van der Waals surface area contributed by atoms with Crippen molar-refractivity contribution >= 4 is 27.4 Å². The molecule has 2 aromatic heterocycles. The average Bonchev–Trinajstić information content (AvgIpc) is 3.03. The van der Waals surface area contributed by atoms with Gasteiger partial charge in [0.1, 0.15) is 17.0 Å². The molecular weight excluding hydrogens is 256 g/mol. The molecule has 1 aliphatic carbocycles. The fraction of sp³-hybridized carbons (Fsp3) is 0.571. The lowest BCUT2D eigenvalue weighted by atomic mass is 9.79. The van der Waals surface area contributed by atoms with E-state index < -0.39 is 0 Å². The Hall–Kier alpha value is -1.20. The Morgan fingerprint density at radius 3 is 3.05 bits per heavy atom. The Kier molecular flexibility index (Phi) is 2.70. The number of nitrogens with two attached hydrogens (primary N) is 1.